The Balaban J connectivity index is 1.93. The zero-order chi connectivity index (χ0) is 14.7. The van der Waals surface area contributed by atoms with Gasteiger partial charge < -0.3 is 10.3 Å². The van der Waals surface area contributed by atoms with Crippen molar-refractivity contribution in [1.29, 1.82) is 0 Å². The Kier molecular flexibility index (Phi) is 4.28. The number of aryl methyl sites for hydroxylation is 1. The van der Waals surface area contributed by atoms with Crippen LogP contribution in [0, 0.1) is 6.92 Å². The van der Waals surface area contributed by atoms with Crippen molar-refractivity contribution in [2.45, 2.75) is 32.0 Å². The summed E-state index contributed by atoms with van der Waals surface area (Å²) in [6.07, 6.45) is 0. The first-order valence-corrected chi connectivity index (χ1v) is 7.02. The molecule has 0 radical (unpaired) electrons. The molecule has 0 aromatic carbocycles. The minimum Gasteiger partial charge on any atom is -0.368 e. The number of thioether (sulfide) groups is 1. The highest BCUT2D eigenvalue weighted by molar-refractivity contribution is 7.99. The van der Waals surface area contributed by atoms with Crippen LogP contribution >= 0.6 is 11.8 Å². The lowest BCUT2D eigenvalue weighted by atomic mass is 10.4. The fraction of sp³-hybridized carbons (Fsp3) is 0.455. The third-order valence-corrected chi connectivity index (χ3v) is 3.37. The van der Waals surface area contributed by atoms with E-state index in [2.05, 4.69) is 20.7 Å². The summed E-state index contributed by atoms with van der Waals surface area (Å²) in [6.45, 7) is 5.73. The van der Waals surface area contributed by atoms with Crippen LogP contribution in [-0.2, 0) is 4.79 Å². The van der Waals surface area contributed by atoms with Crippen molar-refractivity contribution in [1.82, 2.24) is 19.9 Å². The van der Waals surface area contributed by atoms with Crippen LogP contribution in [0.25, 0.3) is 0 Å². The summed E-state index contributed by atoms with van der Waals surface area (Å²) in [7, 11) is 0. The molecule has 2 aromatic rings. The summed E-state index contributed by atoms with van der Waals surface area (Å²) < 4.78 is 6.68. The van der Waals surface area contributed by atoms with E-state index < -0.39 is 0 Å². The molecular formula is C11H16N6O2S. The number of aromatic nitrogens is 4. The van der Waals surface area contributed by atoms with Crippen LogP contribution in [0.2, 0.25) is 0 Å². The first-order valence-electron chi connectivity index (χ1n) is 6.03. The zero-order valence-electron chi connectivity index (χ0n) is 11.5. The van der Waals surface area contributed by atoms with Gasteiger partial charge in [0.05, 0.1) is 11.4 Å². The van der Waals surface area contributed by atoms with Gasteiger partial charge in [-0.3, -0.25) is 14.7 Å². The van der Waals surface area contributed by atoms with E-state index in [1.54, 1.807) is 17.6 Å². The van der Waals surface area contributed by atoms with Crippen LogP contribution in [0.3, 0.4) is 0 Å². The summed E-state index contributed by atoms with van der Waals surface area (Å²) >= 11 is 1.27. The van der Waals surface area contributed by atoms with Crippen LogP contribution in [0.5, 0.6) is 0 Å². The van der Waals surface area contributed by atoms with Crippen molar-refractivity contribution in [2.75, 3.05) is 16.8 Å². The van der Waals surface area contributed by atoms with E-state index in [4.69, 9.17) is 10.3 Å². The van der Waals surface area contributed by atoms with Gasteiger partial charge in [-0.2, -0.15) is 0 Å². The number of nitrogens with one attached hydrogen (secondary N) is 1. The largest absolute Gasteiger partial charge is 0.368 e. The number of carbonyl (C=O) groups is 1. The summed E-state index contributed by atoms with van der Waals surface area (Å²) in [5.74, 6) is 0.652. The fourth-order valence-electron chi connectivity index (χ4n) is 1.60. The number of carbonyl (C=O) groups excluding carboxylic acids is 1. The molecule has 0 aliphatic heterocycles. The Hall–Kier alpha value is -2.03. The van der Waals surface area contributed by atoms with Gasteiger partial charge in [-0.05, 0) is 20.8 Å². The van der Waals surface area contributed by atoms with Crippen molar-refractivity contribution in [3.05, 3.63) is 11.8 Å². The standard InChI is InChI=1S/C11H16N6O2S/c1-6(2)17-10(12)14-15-11(17)20-5-8(18)13-9-4-7(3)16-19-9/h4,6H,5H2,1-3H3,(H2,12,14)(H,13,18). The summed E-state index contributed by atoms with van der Waals surface area (Å²) in [6, 6.07) is 1.78. The summed E-state index contributed by atoms with van der Waals surface area (Å²) in [5, 5.41) is 14.7. The lowest BCUT2D eigenvalue weighted by Crippen LogP contribution is -2.14. The van der Waals surface area contributed by atoms with Crippen LogP contribution in [0.15, 0.2) is 15.7 Å². The molecule has 0 atom stereocenters. The molecule has 2 rings (SSSR count). The number of anilines is 2. The first kappa shape index (κ1) is 14.4. The minimum absolute atomic E-state index is 0.132. The highest BCUT2D eigenvalue weighted by Gasteiger charge is 2.15. The maximum atomic E-state index is 11.8. The number of nitrogens with two attached hydrogens (primary N) is 1. The van der Waals surface area contributed by atoms with Crippen molar-refractivity contribution < 1.29 is 9.32 Å². The third-order valence-electron chi connectivity index (χ3n) is 2.43. The van der Waals surface area contributed by atoms with E-state index in [1.807, 2.05) is 13.8 Å². The third kappa shape index (κ3) is 3.29. The van der Waals surface area contributed by atoms with Crippen molar-refractivity contribution in [3.63, 3.8) is 0 Å². The zero-order valence-corrected chi connectivity index (χ0v) is 12.3. The lowest BCUT2D eigenvalue weighted by Gasteiger charge is -2.10. The molecule has 1 amide bonds. The molecule has 3 N–H and O–H groups in total. The average molecular weight is 296 g/mol. The van der Waals surface area contributed by atoms with Crippen LogP contribution < -0.4 is 11.1 Å². The number of hydrogen-bond acceptors (Lipinski definition) is 7. The van der Waals surface area contributed by atoms with E-state index in [1.165, 1.54) is 11.8 Å². The van der Waals surface area contributed by atoms with Gasteiger partial charge in [0, 0.05) is 12.1 Å². The number of nitrogen functional groups attached to an aromatic ring is 1. The number of hydrogen-bond donors (Lipinski definition) is 2. The minimum atomic E-state index is -0.206. The Morgan fingerprint density at radius 3 is 2.90 bits per heavy atom. The van der Waals surface area contributed by atoms with Crippen molar-refractivity contribution >= 4 is 29.5 Å². The lowest BCUT2D eigenvalue weighted by molar-refractivity contribution is -0.113. The monoisotopic (exact) mass is 296 g/mol. The van der Waals surface area contributed by atoms with Gasteiger partial charge in [0.2, 0.25) is 17.7 Å². The van der Waals surface area contributed by atoms with Crippen LogP contribution in [-0.4, -0.2) is 31.6 Å². The molecule has 108 valence electrons. The second-order valence-electron chi connectivity index (χ2n) is 4.47. The Bertz CT molecular complexity index is 606. The molecule has 0 aliphatic carbocycles. The molecule has 0 aliphatic rings. The molecule has 0 saturated heterocycles. The van der Waals surface area contributed by atoms with E-state index in [0.717, 1.165) is 0 Å². The van der Waals surface area contributed by atoms with Gasteiger partial charge in [-0.15, -0.1) is 10.2 Å². The van der Waals surface area contributed by atoms with Gasteiger partial charge in [0.1, 0.15) is 0 Å². The van der Waals surface area contributed by atoms with Gasteiger partial charge >= 0.3 is 0 Å². The van der Waals surface area contributed by atoms with Crippen molar-refractivity contribution in [2.24, 2.45) is 0 Å². The molecule has 20 heavy (non-hydrogen) atoms. The topological polar surface area (TPSA) is 112 Å². The number of nitrogens with zero attached hydrogens (tertiary/aromatic N) is 4. The molecule has 2 aromatic heterocycles. The smallest absolute Gasteiger partial charge is 0.237 e. The molecule has 0 bridgehead atoms. The second-order valence-corrected chi connectivity index (χ2v) is 5.42. The number of amides is 1. The molecule has 0 saturated carbocycles. The maximum Gasteiger partial charge on any atom is 0.237 e. The number of rotatable bonds is 5. The molecule has 9 heteroatoms. The Morgan fingerprint density at radius 1 is 1.55 bits per heavy atom. The van der Waals surface area contributed by atoms with E-state index in [-0.39, 0.29) is 17.7 Å². The highest BCUT2D eigenvalue weighted by Crippen LogP contribution is 2.22. The summed E-state index contributed by atoms with van der Waals surface area (Å²) in [4.78, 5) is 11.8. The van der Waals surface area contributed by atoms with Gasteiger partial charge in [0.25, 0.3) is 0 Å². The second kappa shape index (κ2) is 5.95. The van der Waals surface area contributed by atoms with Crippen molar-refractivity contribution in [3.8, 4) is 0 Å². The Morgan fingerprint density at radius 2 is 2.30 bits per heavy atom. The quantitative estimate of drug-likeness (QED) is 0.803. The molecular weight excluding hydrogens is 280 g/mol. The van der Waals surface area contributed by atoms with E-state index in [0.29, 0.717) is 22.7 Å². The van der Waals surface area contributed by atoms with Crippen LogP contribution in [0.1, 0.15) is 25.6 Å². The molecule has 8 nitrogen and oxygen atoms in total. The van der Waals surface area contributed by atoms with E-state index in [9.17, 15) is 4.79 Å². The predicted octanol–water partition coefficient (Wildman–Crippen LogP) is 1.47. The summed E-state index contributed by atoms with van der Waals surface area (Å²) in [5.41, 5.74) is 6.44. The Labute approximate surface area is 120 Å². The predicted molar refractivity (Wildman–Crippen MR) is 75.4 cm³/mol. The SMILES string of the molecule is Cc1cc(NC(=O)CSc2nnc(N)n2C(C)C)on1. The van der Waals surface area contributed by atoms with Gasteiger partial charge in [0.15, 0.2) is 5.16 Å². The average Bonchev–Trinajstić information content (AvgIpc) is 2.93. The highest BCUT2D eigenvalue weighted by atomic mass is 32.2. The maximum absolute atomic E-state index is 11.8. The molecule has 2 heterocycles. The molecule has 0 unspecified atom stereocenters. The normalized spacial score (nSPS) is 11.0. The fourth-order valence-corrected chi connectivity index (χ4v) is 2.47. The van der Waals surface area contributed by atoms with Gasteiger partial charge in [-0.1, -0.05) is 16.9 Å². The first-order chi connectivity index (χ1) is 9.47. The molecule has 0 spiro atoms. The van der Waals surface area contributed by atoms with E-state index >= 15 is 0 Å². The van der Waals surface area contributed by atoms with Crippen LogP contribution in [0.4, 0.5) is 11.8 Å². The molecule has 0 fully saturated rings. The van der Waals surface area contributed by atoms with Gasteiger partial charge in [-0.25, -0.2) is 0 Å².